The Morgan fingerprint density at radius 2 is 2.25 bits per heavy atom. The predicted octanol–water partition coefficient (Wildman–Crippen LogP) is 2.79. The van der Waals surface area contributed by atoms with Gasteiger partial charge in [-0.05, 0) is 25.1 Å². The van der Waals surface area contributed by atoms with Crippen molar-refractivity contribution >= 4 is 11.6 Å². The number of alkyl halides is 1. The molecule has 0 saturated heterocycles. The molecule has 0 bridgehead atoms. The second kappa shape index (κ2) is 7.10. The van der Waals surface area contributed by atoms with Crippen LogP contribution in [0.15, 0.2) is 18.2 Å². The molecule has 4 heteroatoms. The maximum Gasteiger partial charge on any atom is 0.189 e. The first-order valence-corrected chi connectivity index (χ1v) is 5.36. The zero-order valence-corrected chi connectivity index (χ0v) is 9.68. The van der Waals surface area contributed by atoms with Crippen LogP contribution in [-0.4, -0.2) is 19.3 Å². The largest absolute Gasteiger partial charge is 0.466 e. The molecule has 0 aliphatic heterocycles. The van der Waals surface area contributed by atoms with E-state index in [9.17, 15) is 4.39 Å². The second-order valence-electron chi connectivity index (χ2n) is 2.83. The van der Waals surface area contributed by atoms with Gasteiger partial charge in [-0.1, -0.05) is 11.8 Å². The van der Waals surface area contributed by atoms with E-state index in [4.69, 9.17) is 21.1 Å². The first kappa shape index (κ1) is 12.8. The summed E-state index contributed by atoms with van der Waals surface area (Å²) in [5.41, 5.74) is 0.473. The molecular weight excluding hydrogens is 231 g/mol. The van der Waals surface area contributed by atoms with Crippen molar-refractivity contribution in [1.29, 1.82) is 0 Å². The minimum absolute atomic E-state index is 0.123. The lowest BCUT2D eigenvalue weighted by atomic mass is 10.2. The molecule has 2 nitrogen and oxygen atoms in total. The van der Waals surface area contributed by atoms with E-state index in [0.717, 1.165) is 0 Å². The number of rotatable bonds is 4. The summed E-state index contributed by atoms with van der Waals surface area (Å²) in [4.78, 5) is 0. The summed E-state index contributed by atoms with van der Waals surface area (Å²) in [6.07, 6.45) is 0. The van der Waals surface area contributed by atoms with Gasteiger partial charge in [0.05, 0.1) is 11.4 Å². The van der Waals surface area contributed by atoms with E-state index >= 15 is 0 Å². The van der Waals surface area contributed by atoms with Gasteiger partial charge < -0.3 is 9.47 Å². The Kier molecular flexibility index (Phi) is 5.69. The Morgan fingerprint density at radius 3 is 2.94 bits per heavy atom. The molecule has 0 aliphatic carbocycles. The van der Waals surface area contributed by atoms with E-state index in [2.05, 4.69) is 11.8 Å². The van der Waals surface area contributed by atoms with Crippen LogP contribution in [0.1, 0.15) is 12.5 Å². The van der Waals surface area contributed by atoms with Crippen LogP contribution in [0.25, 0.3) is 0 Å². The SMILES string of the molecule is CCOCOc1ccc(F)cc1C#CCCl. The summed E-state index contributed by atoms with van der Waals surface area (Å²) in [6, 6.07) is 4.14. The van der Waals surface area contributed by atoms with Crippen LogP contribution >= 0.6 is 11.6 Å². The van der Waals surface area contributed by atoms with Gasteiger partial charge in [-0.2, -0.15) is 0 Å². The van der Waals surface area contributed by atoms with Crippen LogP contribution in [0.3, 0.4) is 0 Å². The van der Waals surface area contributed by atoms with Crippen molar-refractivity contribution in [3.05, 3.63) is 29.6 Å². The molecule has 0 aliphatic rings. The molecule has 1 aromatic rings. The van der Waals surface area contributed by atoms with Crippen molar-refractivity contribution in [2.24, 2.45) is 0 Å². The normalized spacial score (nSPS) is 9.44. The van der Waals surface area contributed by atoms with Crippen molar-refractivity contribution in [3.8, 4) is 17.6 Å². The summed E-state index contributed by atoms with van der Waals surface area (Å²) in [5, 5.41) is 0. The minimum atomic E-state index is -0.359. The van der Waals surface area contributed by atoms with Crippen LogP contribution < -0.4 is 4.74 Å². The molecule has 1 rings (SSSR count). The lowest BCUT2D eigenvalue weighted by molar-refractivity contribution is 0.0222. The molecule has 1 aromatic carbocycles. The van der Waals surface area contributed by atoms with Crippen LogP contribution in [-0.2, 0) is 4.74 Å². The zero-order chi connectivity index (χ0) is 11.8. The van der Waals surface area contributed by atoms with Gasteiger partial charge in [0.25, 0.3) is 0 Å². The number of benzene rings is 1. The molecular formula is C12H12ClFO2. The fourth-order valence-electron chi connectivity index (χ4n) is 1.04. The highest BCUT2D eigenvalue weighted by molar-refractivity contribution is 6.19. The fourth-order valence-corrected chi connectivity index (χ4v) is 1.11. The number of hydrogen-bond acceptors (Lipinski definition) is 2. The summed E-state index contributed by atoms with van der Waals surface area (Å²) in [7, 11) is 0. The Bertz CT molecular complexity index is 396. The summed E-state index contributed by atoms with van der Waals surface area (Å²) < 4.78 is 23.3. The number of halogens is 2. The van der Waals surface area contributed by atoms with E-state index in [0.29, 0.717) is 17.9 Å². The van der Waals surface area contributed by atoms with E-state index in [1.165, 1.54) is 18.2 Å². The highest BCUT2D eigenvalue weighted by Crippen LogP contribution is 2.18. The Morgan fingerprint density at radius 1 is 1.44 bits per heavy atom. The molecule has 16 heavy (non-hydrogen) atoms. The lowest BCUT2D eigenvalue weighted by Crippen LogP contribution is -2.03. The molecule has 0 aromatic heterocycles. The smallest absolute Gasteiger partial charge is 0.189 e. The number of ether oxygens (including phenoxy) is 2. The van der Waals surface area contributed by atoms with Crippen LogP contribution in [0.4, 0.5) is 4.39 Å². The highest BCUT2D eigenvalue weighted by atomic mass is 35.5. The van der Waals surface area contributed by atoms with E-state index in [1.54, 1.807) is 0 Å². The number of hydrogen-bond donors (Lipinski definition) is 0. The van der Waals surface area contributed by atoms with Gasteiger partial charge in [-0.15, -0.1) is 11.6 Å². The standard InChI is InChI=1S/C12H12ClFO2/c1-2-15-9-16-12-6-5-11(14)8-10(12)4-3-7-13/h5-6,8H,2,7,9H2,1H3. The average molecular weight is 243 g/mol. The van der Waals surface area contributed by atoms with Gasteiger partial charge in [0, 0.05) is 6.61 Å². The topological polar surface area (TPSA) is 18.5 Å². The van der Waals surface area contributed by atoms with Crippen molar-refractivity contribution in [2.75, 3.05) is 19.3 Å². The van der Waals surface area contributed by atoms with Crippen molar-refractivity contribution in [2.45, 2.75) is 6.92 Å². The third kappa shape index (κ3) is 4.09. The van der Waals surface area contributed by atoms with Gasteiger partial charge in [-0.25, -0.2) is 4.39 Å². The second-order valence-corrected chi connectivity index (χ2v) is 3.10. The molecule has 0 unspecified atom stereocenters. The van der Waals surface area contributed by atoms with Gasteiger partial charge in [0.15, 0.2) is 6.79 Å². The minimum Gasteiger partial charge on any atom is -0.466 e. The molecule has 0 saturated carbocycles. The third-order valence-corrected chi connectivity index (χ3v) is 1.87. The van der Waals surface area contributed by atoms with Gasteiger partial charge in [0.1, 0.15) is 11.6 Å². The van der Waals surface area contributed by atoms with E-state index in [-0.39, 0.29) is 18.5 Å². The van der Waals surface area contributed by atoms with Crippen LogP contribution in [0.5, 0.6) is 5.75 Å². The van der Waals surface area contributed by atoms with Gasteiger partial charge >= 0.3 is 0 Å². The first-order chi connectivity index (χ1) is 7.77. The predicted molar refractivity (Wildman–Crippen MR) is 61.1 cm³/mol. The monoisotopic (exact) mass is 242 g/mol. The molecule has 0 amide bonds. The summed E-state index contributed by atoms with van der Waals surface area (Å²) in [6.45, 7) is 2.55. The van der Waals surface area contributed by atoms with Crippen molar-refractivity contribution in [1.82, 2.24) is 0 Å². The molecule has 0 radical (unpaired) electrons. The molecule has 86 valence electrons. The molecule has 0 fully saturated rings. The highest BCUT2D eigenvalue weighted by Gasteiger charge is 2.02. The zero-order valence-electron chi connectivity index (χ0n) is 8.93. The van der Waals surface area contributed by atoms with Gasteiger partial charge in [0.2, 0.25) is 0 Å². The van der Waals surface area contributed by atoms with E-state index in [1.807, 2.05) is 6.92 Å². The molecule has 0 atom stereocenters. The van der Waals surface area contributed by atoms with Crippen molar-refractivity contribution < 1.29 is 13.9 Å². The Hall–Kier alpha value is -1.24. The molecule has 0 spiro atoms. The Balaban J connectivity index is 2.80. The quantitative estimate of drug-likeness (QED) is 0.350. The average Bonchev–Trinajstić information content (AvgIpc) is 2.29. The molecule has 0 heterocycles. The van der Waals surface area contributed by atoms with Crippen LogP contribution in [0, 0.1) is 17.7 Å². The first-order valence-electron chi connectivity index (χ1n) is 4.83. The summed E-state index contributed by atoms with van der Waals surface area (Å²) in [5.74, 6) is 5.71. The third-order valence-electron chi connectivity index (χ3n) is 1.73. The lowest BCUT2D eigenvalue weighted by Gasteiger charge is -2.07. The fraction of sp³-hybridized carbons (Fsp3) is 0.333. The maximum absolute atomic E-state index is 13.0. The van der Waals surface area contributed by atoms with Crippen molar-refractivity contribution in [3.63, 3.8) is 0 Å². The van der Waals surface area contributed by atoms with Gasteiger partial charge in [-0.3, -0.25) is 0 Å². The molecule has 0 N–H and O–H groups in total. The maximum atomic E-state index is 13.0. The van der Waals surface area contributed by atoms with Crippen LogP contribution in [0.2, 0.25) is 0 Å². The Labute approximate surface area is 99.3 Å². The summed E-state index contributed by atoms with van der Waals surface area (Å²) >= 11 is 5.44. The van der Waals surface area contributed by atoms with E-state index < -0.39 is 0 Å².